The van der Waals surface area contributed by atoms with Crippen molar-refractivity contribution in [3.8, 4) is 0 Å². The summed E-state index contributed by atoms with van der Waals surface area (Å²) >= 11 is 0. The normalized spacial score (nSPS) is 30.3. The molecule has 0 saturated carbocycles. The van der Waals surface area contributed by atoms with E-state index in [-0.39, 0.29) is 35.7 Å². The van der Waals surface area contributed by atoms with Gasteiger partial charge in [0.05, 0.1) is 30.1 Å². The van der Waals surface area contributed by atoms with Crippen LogP contribution in [-0.2, 0) is 32.1 Å². The van der Waals surface area contributed by atoms with Crippen molar-refractivity contribution in [1.29, 1.82) is 0 Å². The molecular weight excluding hydrogens is 554 g/mol. The minimum Gasteiger partial charge on any atom is -0.394 e. The highest BCUT2D eigenvalue weighted by Crippen LogP contribution is 2.65. The van der Waals surface area contributed by atoms with Crippen LogP contribution >= 0.6 is 0 Å². The van der Waals surface area contributed by atoms with Crippen LogP contribution < -0.4 is 10.6 Å². The van der Waals surface area contributed by atoms with E-state index in [1.54, 1.807) is 4.90 Å². The first-order valence-corrected chi connectivity index (χ1v) is 15.9. The summed E-state index contributed by atoms with van der Waals surface area (Å²) in [6.45, 7) is 14.4. The lowest BCUT2D eigenvalue weighted by molar-refractivity contribution is -0.151. The zero-order valence-electron chi connectivity index (χ0n) is 27.2. The molecule has 0 aliphatic carbocycles. The van der Waals surface area contributed by atoms with Gasteiger partial charge in [0.2, 0.25) is 17.7 Å². The number of rotatable bonds is 10. The first kappa shape index (κ1) is 32.2. The van der Waals surface area contributed by atoms with Crippen molar-refractivity contribution in [3.05, 3.63) is 71.8 Å². The Morgan fingerprint density at radius 3 is 2.16 bits per heavy atom. The molecule has 3 fully saturated rings. The number of nitrogens with one attached hydrogen (secondary N) is 2. The molecule has 3 unspecified atom stereocenters. The first-order valence-electron chi connectivity index (χ1n) is 15.9. The smallest absolute Gasteiger partial charge is 0.246 e. The van der Waals surface area contributed by atoms with Crippen LogP contribution in [0.4, 0.5) is 0 Å². The number of likely N-dealkylation sites (tertiary alicyclic amines) is 1. The van der Waals surface area contributed by atoms with Gasteiger partial charge in [-0.3, -0.25) is 14.4 Å². The van der Waals surface area contributed by atoms with Gasteiger partial charge in [0.15, 0.2) is 0 Å². The Kier molecular flexibility index (Phi) is 8.49. The molecule has 2 aromatic carbocycles. The lowest BCUT2D eigenvalue weighted by atomic mass is 9.62. The molecule has 44 heavy (non-hydrogen) atoms. The van der Waals surface area contributed by atoms with Gasteiger partial charge in [-0.15, -0.1) is 0 Å². The summed E-state index contributed by atoms with van der Waals surface area (Å²) in [5.41, 5.74) is -0.809. The molecule has 3 aliphatic heterocycles. The summed E-state index contributed by atoms with van der Waals surface area (Å²) in [5, 5.41) is 17.1. The molecule has 238 valence electrons. The molecule has 3 aliphatic rings. The van der Waals surface area contributed by atoms with Gasteiger partial charge in [0.1, 0.15) is 11.6 Å². The summed E-state index contributed by atoms with van der Waals surface area (Å²) < 4.78 is 6.90. The maximum Gasteiger partial charge on any atom is 0.246 e. The van der Waals surface area contributed by atoms with Crippen LogP contribution in [0.2, 0.25) is 0 Å². The van der Waals surface area contributed by atoms with Gasteiger partial charge >= 0.3 is 0 Å². The number of aliphatic hydroxyl groups is 1. The molecule has 2 bridgehead atoms. The first-order chi connectivity index (χ1) is 20.6. The van der Waals surface area contributed by atoms with Crippen molar-refractivity contribution in [3.63, 3.8) is 0 Å². The molecule has 8 heteroatoms. The van der Waals surface area contributed by atoms with Crippen molar-refractivity contribution in [2.45, 2.75) is 103 Å². The number of aliphatic hydroxyl groups excluding tert-OH is 1. The van der Waals surface area contributed by atoms with Crippen LogP contribution in [0.15, 0.2) is 60.7 Å². The number of carbonyl (C=O) groups is 3. The SMILES string of the molecule is CC1CC23O[C@]1(C)[C@@H](C(=O)NCc1ccccc1)[C@H]2C(=O)N([C@@H](CO)Cc1ccccc1)C3C(=O)NC(C)(C)CC(C)(C)C. The molecule has 0 aromatic heterocycles. The Morgan fingerprint density at radius 1 is 1.00 bits per heavy atom. The number of ether oxygens (including phenoxy) is 1. The average molecular weight is 604 g/mol. The molecule has 5 rings (SSSR count). The van der Waals surface area contributed by atoms with Gasteiger partial charge in [-0.1, -0.05) is 88.4 Å². The second-order valence-electron chi connectivity index (χ2n) is 15.3. The molecule has 3 saturated heterocycles. The van der Waals surface area contributed by atoms with Crippen LogP contribution in [0.3, 0.4) is 0 Å². The van der Waals surface area contributed by atoms with Gasteiger partial charge in [-0.25, -0.2) is 0 Å². The molecule has 7 atom stereocenters. The Bertz CT molecular complexity index is 1370. The summed E-state index contributed by atoms with van der Waals surface area (Å²) in [7, 11) is 0. The number of carbonyl (C=O) groups excluding carboxylic acids is 3. The van der Waals surface area contributed by atoms with E-state index in [1.807, 2.05) is 88.4 Å². The van der Waals surface area contributed by atoms with E-state index < -0.39 is 40.7 Å². The lowest BCUT2D eigenvalue weighted by Crippen LogP contribution is -2.61. The Morgan fingerprint density at radius 2 is 1.59 bits per heavy atom. The van der Waals surface area contributed by atoms with Crippen molar-refractivity contribution >= 4 is 17.7 Å². The van der Waals surface area contributed by atoms with Crippen LogP contribution in [0.1, 0.15) is 72.4 Å². The minimum absolute atomic E-state index is 0.0457. The van der Waals surface area contributed by atoms with Gasteiger partial charge in [-0.2, -0.15) is 0 Å². The van der Waals surface area contributed by atoms with Crippen molar-refractivity contribution in [2.24, 2.45) is 23.2 Å². The average Bonchev–Trinajstić information content (AvgIpc) is 3.46. The zero-order chi connectivity index (χ0) is 32.1. The maximum absolute atomic E-state index is 14.7. The second-order valence-corrected chi connectivity index (χ2v) is 15.3. The monoisotopic (exact) mass is 603 g/mol. The highest BCUT2D eigenvalue weighted by atomic mass is 16.5. The van der Waals surface area contributed by atoms with E-state index in [0.717, 1.165) is 17.5 Å². The fourth-order valence-corrected chi connectivity index (χ4v) is 8.57. The van der Waals surface area contributed by atoms with Crippen molar-refractivity contribution in [1.82, 2.24) is 15.5 Å². The molecular formula is C36H49N3O5. The van der Waals surface area contributed by atoms with Crippen LogP contribution in [0.5, 0.6) is 0 Å². The highest BCUT2D eigenvalue weighted by Gasteiger charge is 2.80. The van der Waals surface area contributed by atoms with Gasteiger partial charge < -0.3 is 25.4 Å². The fraction of sp³-hybridized carbons (Fsp3) is 0.583. The molecule has 0 radical (unpaired) electrons. The number of hydrogen-bond donors (Lipinski definition) is 3. The number of amides is 3. The quantitative estimate of drug-likeness (QED) is 0.377. The van der Waals surface area contributed by atoms with E-state index in [2.05, 4.69) is 31.4 Å². The highest BCUT2D eigenvalue weighted by molar-refractivity contribution is 5.99. The third-order valence-corrected chi connectivity index (χ3v) is 9.95. The second kappa shape index (κ2) is 11.6. The largest absolute Gasteiger partial charge is 0.394 e. The van der Waals surface area contributed by atoms with E-state index >= 15 is 0 Å². The van der Waals surface area contributed by atoms with Gasteiger partial charge in [-0.05, 0) is 62.5 Å². The third-order valence-electron chi connectivity index (χ3n) is 9.95. The zero-order valence-corrected chi connectivity index (χ0v) is 27.2. The van der Waals surface area contributed by atoms with E-state index in [1.165, 1.54) is 0 Å². The van der Waals surface area contributed by atoms with Crippen LogP contribution in [0, 0.1) is 23.2 Å². The number of nitrogens with zero attached hydrogens (tertiary/aromatic N) is 1. The topological polar surface area (TPSA) is 108 Å². The molecule has 2 aromatic rings. The molecule has 3 heterocycles. The number of benzene rings is 2. The standard InChI is InChI=1S/C36H49N3O5/c1-23-19-36-28(27(35(23,7)44-36)30(41)37-20-25-16-12-9-13-17-25)32(43)39(26(21-40)18-24-14-10-8-11-15-24)29(36)31(42)38-34(5,6)22-33(2,3)4/h8-17,23,26-29,40H,18-22H2,1-7H3,(H,37,41)(H,38,42)/t23?,26-,27-,28+,29?,35+,36?/m1/s1. The molecule has 3 amide bonds. The van der Waals surface area contributed by atoms with Crippen LogP contribution in [0.25, 0.3) is 0 Å². The van der Waals surface area contributed by atoms with Gasteiger partial charge in [0, 0.05) is 12.1 Å². The summed E-state index contributed by atoms with van der Waals surface area (Å²) in [4.78, 5) is 44.8. The molecule has 3 N–H and O–H groups in total. The summed E-state index contributed by atoms with van der Waals surface area (Å²) in [6.07, 6.45) is 1.56. The fourth-order valence-electron chi connectivity index (χ4n) is 8.57. The minimum atomic E-state index is -1.19. The maximum atomic E-state index is 14.7. The summed E-state index contributed by atoms with van der Waals surface area (Å²) in [5.74, 6) is -2.54. The third kappa shape index (κ3) is 5.79. The predicted molar refractivity (Wildman–Crippen MR) is 169 cm³/mol. The number of fused-ring (bicyclic) bond motifs is 1. The van der Waals surface area contributed by atoms with E-state index in [9.17, 15) is 19.5 Å². The van der Waals surface area contributed by atoms with E-state index in [0.29, 0.717) is 19.4 Å². The van der Waals surface area contributed by atoms with Gasteiger partial charge in [0.25, 0.3) is 0 Å². The van der Waals surface area contributed by atoms with Crippen LogP contribution in [-0.4, -0.2) is 63.2 Å². The number of hydrogen-bond acceptors (Lipinski definition) is 5. The Hall–Kier alpha value is -3.23. The van der Waals surface area contributed by atoms with Crippen molar-refractivity contribution < 1.29 is 24.2 Å². The predicted octanol–water partition coefficient (Wildman–Crippen LogP) is 4.25. The molecule has 8 nitrogen and oxygen atoms in total. The Labute approximate surface area is 261 Å². The Balaban J connectivity index is 1.54. The van der Waals surface area contributed by atoms with Crippen molar-refractivity contribution in [2.75, 3.05) is 6.61 Å². The molecule has 1 spiro atoms. The summed E-state index contributed by atoms with van der Waals surface area (Å²) in [6, 6.07) is 17.7. The van der Waals surface area contributed by atoms with E-state index in [4.69, 9.17) is 4.74 Å². The lowest BCUT2D eigenvalue weighted by Gasteiger charge is -2.40.